The Hall–Kier alpha value is -3.28. The summed E-state index contributed by atoms with van der Waals surface area (Å²) < 4.78 is 20.3. The Morgan fingerprint density at radius 3 is 2.15 bits per heavy atom. The number of hydrogen-bond donors (Lipinski definition) is 0. The van der Waals surface area contributed by atoms with Gasteiger partial charge in [-0.25, -0.2) is 4.79 Å². The van der Waals surface area contributed by atoms with E-state index >= 15 is 0 Å². The molecule has 0 N–H and O–H groups in total. The van der Waals surface area contributed by atoms with Crippen LogP contribution >= 0.6 is 0 Å². The number of methoxy groups -OCH3 is 4. The van der Waals surface area contributed by atoms with Crippen LogP contribution < -0.4 is 19.6 Å². The van der Waals surface area contributed by atoms with Gasteiger partial charge in [0.15, 0.2) is 17.2 Å². The molecule has 0 fully saturated rings. The van der Waals surface area contributed by atoms with Crippen LogP contribution in [0.25, 0.3) is 12.2 Å². The maximum Gasteiger partial charge on any atom is 0.342 e. The summed E-state index contributed by atoms with van der Waals surface area (Å²) in [6.07, 6.45) is 3.42. The Labute approximate surface area is 151 Å². The Morgan fingerprint density at radius 2 is 1.54 bits per heavy atom. The van der Waals surface area contributed by atoms with Gasteiger partial charge in [0.25, 0.3) is 0 Å². The van der Waals surface area contributed by atoms with E-state index in [1.165, 1.54) is 20.3 Å². The molecule has 0 saturated heterocycles. The first-order chi connectivity index (χ1) is 12.5. The van der Waals surface area contributed by atoms with E-state index in [0.717, 1.165) is 5.56 Å². The summed E-state index contributed by atoms with van der Waals surface area (Å²) in [7, 11) is 5.71. The third-order valence-corrected chi connectivity index (χ3v) is 3.74. The van der Waals surface area contributed by atoms with Crippen molar-refractivity contribution in [1.29, 1.82) is 0 Å². The van der Waals surface area contributed by atoms with Gasteiger partial charge < -0.3 is 18.9 Å². The average molecular weight is 356 g/mol. The second-order valence-corrected chi connectivity index (χ2v) is 5.19. The predicted molar refractivity (Wildman–Crippen MR) is 99.1 cm³/mol. The molecule has 0 atom stereocenters. The summed E-state index contributed by atoms with van der Waals surface area (Å²) in [5.41, 5.74) is 0.603. The first-order valence-electron chi connectivity index (χ1n) is 7.75. The van der Waals surface area contributed by atoms with Gasteiger partial charge >= 0.3 is 5.97 Å². The highest BCUT2D eigenvalue weighted by Crippen LogP contribution is 2.28. The van der Waals surface area contributed by atoms with Crippen LogP contribution in [0.2, 0.25) is 0 Å². The largest absolute Gasteiger partial charge is 0.493 e. The smallest absolute Gasteiger partial charge is 0.342 e. The van der Waals surface area contributed by atoms with E-state index in [-0.39, 0.29) is 11.3 Å². The first kappa shape index (κ1) is 19.1. The van der Waals surface area contributed by atoms with Crippen molar-refractivity contribution in [3.8, 4) is 17.2 Å². The van der Waals surface area contributed by atoms with Crippen molar-refractivity contribution in [2.75, 3.05) is 28.4 Å². The van der Waals surface area contributed by atoms with Gasteiger partial charge in [-0.2, -0.15) is 0 Å². The van der Waals surface area contributed by atoms with Crippen molar-refractivity contribution in [3.63, 3.8) is 0 Å². The number of benzene rings is 1. The molecule has 0 heterocycles. The lowest BCUT2D eigenvalue weighted by Crippen LogP contribution is -2.17. The Morgan fingerprint density at radius 1 is 0.846 bits per heavy atom. The fourth-order valence-corrected chi connectivity index (χ4v) is 2.41. The van der Waals surface area contributed by atoms with Gasteiger partial charge in [-0.1, -0.05) is 30.4 Å². The van der Waals surface area contributed by atoms with Crippen LogP contribution in [0, 0.1) is 0 Å². The minimum absolute atomic E-state index is 0.0659. The van der Waals surface area contributed by atoms with E-state index in [1.54, 1.807) is 50.6 Å². The van der Waals surface area contributed by atoms with Crippen molar-refractivity contribution >= 4 is 18.1 Å². The Balaban J connectivity index is 2.54. The molecule has 0 bridgehead atoms. The number of esters is 1. The zero-order chi connectivity index (χ0) is 19.1. The fourth-order valence-electron chi connectivity index (χ4n) is 2.41. The summed E-state index contributed by atoms with van der Waals surface area (Å²) >= 11 is 0. The van der Waals surface area contributed by atoms with Crippen LogP contribution in [0.3, 0.4) is 0 Å². The van der Waals surface area contributed by atoms with Gasteiger partial charge in [0.2, 0.25) is 5.43 Å². The van der Waals surface area contributed by atoms with Crippen LogP contribution in [0.5, 0.6) is 17.2 Å². The monoisotopic (exact) mass is 356 g/mol. The van der Waals surface area contributed by atoms with Crippen LogP contribution in [0.1, 0.15) is 21.5 Å². The minimum Gasteiger partial charge on any atom is -0.493 e. The van der Waals surface area contributed by atoms with E-state index in [4.69, 9.17) is 18.9 Å². The van der Waals surface area contributed by atoms with E-state index < -0.39 is 11.4 Å². The number of carbonyl (C=O) groups excluding carboxylic acids is 1. The van der Waals surface area contributed by atoms with Crippen LogP contribution in [0.15, 0.2) is 41.2 Å². The molecule has 2 rings (SSSR count). The molecule has 0 amide bonds. The van der Waals surface area contributed by atoms with Crippen LogP contribution in [-0.2, 0) is 4.74 Å². The molecule has 6 nitrogen and oxygen atoms in total. The zero-order valence-corrected chi connectivity index (χ0v) is 15.1. The SMILES string of the molecule is COC(=O)c1c(/C=C\c2ccc(OC)c(OC)c2)cccc(OC)c1=O. The molecule has 6 heteroatoms. The summed E-state index contributed by atoms with van der Waals surface area (Å²) in [6, 6.07) is 10.2. The van der Waals surface area contributed by atoms with E-state index in [0.29, 0.717) is 17.1 Å². The van der Waals surface area contributed by atoms with Crippen molar-refractivity contribution in [2.24, 2.45) is 0 Å². The number of carbonyl (C=O) groups is 1. The average Bonchev–Trinajstić information content (AvgIpc) is 2.83. The first-order valence-corrected chi connectivity index (χ1v) is 7.75. The maximum atomic E-state index is 12.5. The highest BCUT2D eigenvalue weighted by atomic mass is 16.5. The molecule has 0 unspecified atom stereocenters. The maximum absolute atomic E-state index is 12.5. The fraction of sp³-hybridized carbons (Fsp3) is 0.200. The third-order valence-electron chi connectivity index (χ3n) is 3.74. The van der Waals surface area contributed by atoms with Crippen molar-refractivity contribution in [3.05, 3.63) is 63.3 Å². The quantitative estimate of drug-likeness (QED) is 0.741. The van der Waals surface area contributed by atoms with Gasteiger partial charge in [-0.05, 0) is 29.3 Å². The molecule has 0 aromatic heterocycles. The number of rotatable bonds is 6. The lowest BCUT2D eigenvalue weighted by Gasteiger charge is -2.07. The summed E-state index contributed by atoms with van der Waals surface area (Å²) in [5.74, 6) is 0.526. The van der Waals surface area contributed by atoms with Crippen molar-refractivity contribution < 1.29 is 23.7 Å². The molecular weight excluding hydrogens is 336 g/mol. The normalized spacial score (nSPS) is 10.5. The van der Waals surface area contributed by atoms with Gasteiger partial charge in [-0.3, -0.25) is 4.79 Å². The molecule has 0 radical (unpaired) electrons. The Kier molecular flexibility index (Phi) is 6.38. The summed E-state index contributed by atoms with van der Waals surface area (Å²) in [4.78, 5) is 24.6. The zero-order valence-electron chi connectivity index (χ0n) is 15.1. The summed E-state index contributed by atoms with van der Waals surface area (Å²) in [5, 5.41) is 0. The molecule has 26 heavy (non-hydrogen) atoms. The molecule has 2 aromatic rings. The lowest BCUT2D eigenvalue weighted by atomic mass is 10.1. The molecule has 0 spiro atoms. The van der Waals surface area contributed by atoms with E-state index in [1.807, 2.05) is 6.07 Å². The van der Waals surface area contributed by atoms with Gasteiger partial charge in [0, 0.05) is 0 Å². The third kappa shape index (κ3) is 4.03. The molecule has 0 aliphatic rings. The molecule has 2 aromatic carbocycles. The Bertz CT molecular complexity index is 886. The highest BCUT2D eigenvalue weighted by Gasteiger charge is 2.16. The van der Waals surface area contributed by atoms with Gasteiger partial charge in [0.1, 0.15) is 5.56 Å². The molecule has 0 saturated carbocycles. The second-order valence-electron chi connectivity index (χ2n) is 5.19. The van der Waals surface area contributed by atoms with Gasteiger partial charge in [-0.15, -0.1) is 0 Å². The molecular formula is C20H20O6. The topological polar surface area (TPSA) is 71.1 Å². The van der Waals surface area contributed by atoms with Crippen LogP contribution in [-0.4, -0.2) is 34.4 Å². The van der Waals surface area contributed by atoms with Crippen LogP contribution in [0.4, 0.5) is 0 Å². The van der Waals surface area contributed by atoms with E-state index in [9.17, 15) is 9.59 Å². The highest BCUT2D eigenvalue weighted by molar-refractivity contribution is 5.95. The van der Waals surface area contributed by atoms with Gasteiger partial charge in [0.05, 0.1) is 28.4 Å². The van der Waals surface area contributed by atoms with Crippen molar-refractivity contribution in [1.82, 2.24) is 0 Å². The standard InChI is InChI=1S/C20H20O6/c1-23-15-11-9-13(12-17(15)25-3)8-10-14-6-5-7-16(24-2)19(21)18(14)20(22)26-4/h5-12H,1-4H3/b10-8-. The lowest BCUT2D eigenvalue weighted by molar-refractivity contribution is 0.0599. The van der Waals surface area contributed by atoms with E-state index in [2.05, 4.69) is 0 Å². The number of hydrogen-bond acceptors (Lipinski definition) is 6. The molecule has 0 aliphatic carbocycles. The van der Waals surface area contributed by atoms with Crippen molar-refractivity contribution in [2.45, 2.75) is 0 Å². The molecule has 136 valence electrons. The second kappa shape index (κ2) is 8.71. The number of ether oxygens (including phenoxy) is 4. The molecule has 0 aliphatic heterocycles. The summed E-state index contributed by atoms with van der Waals surface area (Å²) in [6.45, 7) is 0. The minimum atomic E-state index is -0.725. The predicted octanol–water partition coefficient (Wildman–Crippen LogP) is 3.03.